The highest BCUT2D eigenvalue weighted by molar-refractivity contribution is 9.10. The lowest BCUT2D eigenvalue weighted by Crippen LogP contribution is -2.02. The van der Waals surface area contributed by atoms with Gasteiger partial charge in [0.05, 0.1) is 22.8 Å². The number of nitro benzene ring substituents is 1. The molecule has 0 aliphatic carbocycles. The predicted octanol–water partition coefficient (Wildman–Crippen LogP) is 3.61. The maximum atomic E-state index is 10.6. The number of benzene rings is 1. The summed E-state index contributed by atoms with van der Waals surface area (Å²) >= 11 is 5.06. The molecule has 18 heavy (non-hydrogen) atoms. The van der Waals surface area contributed by atoms with Gasteiger partial charge in [-0.1, -0.05) is 0 Å². The molecular weight excluding hydrogens is 318 g/mol. The van der Waals surface area contributed by atoms with Crippen LogP contribution in [0.1, 0.15) is 4.88 Å². The third-order valence-electron chi connectivity index (χ3n) is 2.38. The quantitative estimate of drug-likeness (QED) is 0.510. The number of nitrogens with zero attached hydrogens (tertiary/aromatic N) is 1. The van der Waals surface area contributed by atoms with Crippen LogP contribution in [0.15, 0.2) is 34.1 Å². The number of halogens is 1. The Hall–Kier alpha value is -1.60. The Morgan fingerprint density at radius 1 is 1.44 bits per heavy atom. The summed E-state index contributed by atoms with van der Waals surface area (Å²) in [6.45, 7) is 0.625. The maximum absolute atomic E-state index is 10.6. The Kier molecular flexibility index (Phi) is 3.83. The van der Waals surface area contributed by atoms with E-state index in [1.54, 1.807) is 17.4 Å². The minimum Gasteiger partial charge on any atom is -0.397 e. The zero-order chi connectivity index (χ0) is 13.1. The van der Waals surface area contributed by atoms with Crippen LogP contribution in [0, 0.1) is 10.1 Å². The van der Waals surface area contributed by atoms with Crippen molar-refractivity contribution in [3.8, 4) is 0 Å². The first-order valence-electron chi connectivity index (χ1n) is 5.07. The van der Waals surface area contributed by atoms with Crippen LogP contribution in [-0.2, 0) is 6.54 Å². The summed E-state index contributed by atoms with van der Waals surface area (Å²) in [6, 6.07) is 6.38. The van der Waals surface area contributed by atoms with Crippen LogP contribution in [0.4, 0.5) is 17.1 Å². The predicted molar refractivity (Wildman–Crippen MR) is 76.9 cm³/mol. The fourth-order valence-corrected chi connectivity index (χ4v) is 2.88. The topological polar surface area (TPSA) is 81.2 Å². The van der Waals surface area contributed by atoms with Crippen LogP contribution in [-0.4, -0.2) is 4.92 Å². The van der Waals surface area contributed by atoms with Crippen molar-refractivity contribution in [2.75, 3.05) is 11.1 Å². The molecule has 0 aliphatic heterocycles. The molecule has 2 rings (SSSR count). The van der Waals surface area contributed by atoms with E-state index in [1.807, 2.05) is 11.4 Å². The summed E-state index contributed by atoms with van der Waals surface area (Å²) < 4.78 is 1.04. The zero-order valence-corrected chi connectivity index (χ0v) is 11.6. The van der Waals surface area contributed by atoms with Crippen LogP contribution >= 0.6 is 27.3 Å². The minimum atomic E-state index is -0.462. The highest BCUT2D eigenvalue weighted by Gasteiger charge is 2.09. The fraction of sp³-hybridized carbons (Fsp3) is 0.0909. The van der Waals surface area contributed by atoms with E-state index in [2.05, 4.69) is 21.2 Å². The molecule has 5 nitrogen and oxygen atoms in total. The van der Waals surface area contributed by atoms with Crippen LogP contribution in [0.25, 0.3) is 0 Å². The second-order valence-electron chi connectivity index (χ2n) is 3.57. The van der Waals surface area contributed by atoms with Crippen molar-refractivity contribution < 1.29 is 4.92 Å². The van der Waals surface area contributed by atoms with E-state index in [-0.39, 0.29) is 5.69 Å². The van der Waals surface area contributed by atoms with Crippen molar-refractivity contribution in [3.63, 3.8) is 0 Å². The Balaban J connectivity index is 2.11. The number of rotatable bonds is 4. The third-order valence-corrected chi connectivity index (χ3v) is 4.30. The van der Waals surface area contributed by atoms with Gasteiger partial charge in [-0.2, -0.15) is 0 Å². The second kappa shape index (κ2) is 5.36. The Morgan fingerprint density at radius 2 is 2.22 bits per heavy atom. The monoisotopic (exact) mass is 327 g/mol. The van der Waals surface area contributed by atoms with Crippen molar-refractivity contribution in [2.24, 2.45) is 0 Å². The van der Waals surface area contributed by atoms with Crippen molar-refractivity contribution in [3.05, 3.63) is 49.1 Å². The first-order chi connectivity index (χ1) is 8.58. The van der Waals surface area contributed by atoms with E-state index in [0.717, 1.165) is 9.35 Å². The first kappa shape index (κ1) is 12.8. The van der Waals surface area contributed by atoms with Crippen LogP contribution < -0.4 is 11.1 Å². The molecule has 94 valence electrons. The molecule has 0 spiro atoms. The Bertz CT molecular complexity index is 585. The summed E-state index contributed by atoms with van der Waals surface area (Å²) in [5, 5.41) is 15.7. The van der Waals surface area contributed by atoms with Crippen LogP contribution in [0.3, 0.4) is 0 Å². The molecule has 0 saturated carbocycles. The summed E-state index contributed by atoms with van der Waals surface area (Å²) in [4.78, 5) is 11.3. The van der Waals surface area contributed by atoms with Gasteiger partial charge in [0.25, 0.3) is 5.69 Å². The van der Waals surface area contributed by atoms with Gasteiger partial charge < -0.3 is 11.1 Å². The van der Waals surface area contributed by atoms with Gasteiger partial charge in [-0.3, -0.25) is 10.1 Å². The number of nitrogens with two attached hydrogens (primary N) is 1. The highest BCUT2D eigenvalue weighted by Crippen LogP contribution is 2.27. The third kappa shape index (κ3) is 2.80. The number of non-ortho nitro benzene ring substituents is 1. The molecular formula is C11H10BrN3O2S. The number of hydrogen-bond acceptors (Lipinski definition) is 5. The maximum Gasteiger partial charge on any atom is 0.271 e. The standard InChI is InChI=1S/C11H10BrN3O2S/c12-8-3-4-18-11(8)6-14-10-2-1-7(15(16)17)5-9(10)13/h1-5,14H,6,13H2. The van der Waals surface area contributed by atoms with E-state index in [0.29, 0.717) is 17.9 Å². The smallest absolute Gasteiger partial charge is 0.271 e. The summed E-state index contributed by atoms with van der Waals surface area (Å²) in [7, 11) is 0. The van der Waals surface area contributed by atoms with Crippen LogP contribution in [0.2, 0.25) is 0 Å². The average molecular weight is 328 g/mol. The lowest BCUT2D eigenvalue weighted by molar-refractivity contribution is -0.384. The molecule has 1 heterocycles. The van der Waals surface area contributed by atoms with Gasteiger partial charge in [0.1, 0.15) is 0 Å². The lowest BCUT2D eigenvalue weighted by Gasteiger charge is -2.08. The number of nitrogens with one attached hydrogen (secondary N) is 1. The van der Waals surface area contributed by atoms with E-state index >= 15 is 0 Å². The molecule has 0 radical (unpaired) electrons. The summed E-state index contributed by atoms with van der Waals surface area (Å²) in [5.74, 6) is 0. The number of hydrogen-bond donors (Lipinski definition) is 2. The van der Waals surface area contributed by atoms with E-state index in [4.69, 9.17) is 5.73 Å². The largest absolute Gasteiger partial charge is 0.397 e. The molecule has 0 amide bonds. The molecule has 1 aromatic heterocycles. The molecule has 0 aliphatic rings. The van der Waals surface area contributed by atoms with Crippen molar-refractivity contribution in [1.82, 2.24) is 0 Å². The molecule has 0 atom stereocenters. The van der Waals surface area contributed by atoms with Gasteiger partial charge in [-0.25, -0.2) is 0 Å². The summed E-state index contributed by atoms with van der Waals surface area (Å²) in [6.07, 6.45) is 0. The van der Waals surface area contributed by atoms with Gasteiger partial charge in [0.15, 0.2) is 0 Å². The molecule has 0 unspecified atom stereocenters. The lowest BCUT2D eigenvalue weighted by atomic mass is 10.2. The van der Waals surface area contributed by atoms with Gasteiger partial charge in [0, 0.05) is 21.5 Å². The SMILES string of the molecule is Nc1cc([N+](=O)[O-])ccc1NCc1sccc1Br. The fourth-order valence-electron chi connectivity index (χ4n) is 1.45. The zero-order valence-electron chi connectivity index (χ0n) is 9.22. The van der Waals surface area contributed by atoms with Gasteiger partial charge in [-0.05, 0) is 33.4 Å². The van der Waals surface area contributed by atoms with Gasteiger partial charge >= 0.3 is 0 Å². The minimum absolute atomic E-state index is 0.00430. The molecule has 7 heteroatoms. The number of thiophene rings is 1. The van der Waals surface area contributed by atoms with Crippen molar-refractivity contribution in [1.29, 1.82) is 0 Å². The molecule has 3 N–H and O–H groups in total. The number of nitro groups is 1. The molecule has 0 fully saturated rings. The summed E-state index contributed by atoms with van der Waals surface area (Å²) in [5.41, 5.74) is 6.82. The van der Waals surface area contributed by atoms with Crippen molar-refractivity contribution in [2.45, 2.75) is 6.54 Å². The van der Waals surface area contributed by atoms with Crippen LogP contribution in [0.5, 0.6) is 0 Å². The molecule has 0 saturated heterocycles. The van der Waals surface area contributed by atoms with Gasteiger partial charge in [-0.15, -0.1) is 11.3 Å². The Labute approximate surface area is 116 Å². The first-order valence-corrected chi connectivity index (χ1v) is 6.75. The number of anilines is 2. The highest BCUT2D eigenvalue weighted by atomic mass is 79.9. The van der Waals surface area contributed by atoms with E-state index in [9.17, 15) is 10.1 Å². The normalized spacial score (nSPS) is 10.3. The van der Waals surface area contributed by atoms with Gasteiger partial charge in [0.2, 0.25) is 0 Å². The average Bonchev–Trinajstić information content (AvgIpc) is 2.73. The second-order valence-corrected chi connectivity index (χ2v) is 5.43. The van der Waals surface area contributed by atoms with Crippen molar-refractivity contribution >= 4 is 44.3 Å². The molecule has 2 aromatic rings. The molecule has 0 bridgehead atoms. The number of nitrogen functional groups attached to an aromatic ring is 1. The van der Waals surface area contributed by atoms with E-state index < -0.39 is 4.92 Å². The van der Waals surface area contributed by atoms with E-state index in [1.165, 1.54) is 12.1 Å². The molecule has 1 aromatic carbocycles. The Morgan fingerprint density at radius 3 is 2.78 bits per heavy atom.